The zero-order valence-corrected chi connectivity index (χ0v) is 16.1. The lowest BCUT2D eigenvalue weighted by molar-refractivity contribution is -0.132. The van der Waals surface area contributed by atoms with Crippen LogP contribution >= 0.6 is 12.4 Å². The predicted octanol–water partition coefficient (Wildman–Crippen LogP) is 3.04. The summed E-state index contributed by atoms with van der Waals surface area (Å²) in [6.45, 7) is 1.38. The highest BCUT2D eigenvalue weighted by atomic mass is 35.5. The smallest absolute Gasteiger partial charge is 0.251 e. The van der Waals surface area contributed by atoms with E-state index in [0.717, 1.165) is 19.3 Å². The van der Waals surface area contributed by atoms with E-state index in [2.05, 4.69) is 5.32 Å². The van der Waals surface area contributed by atoms with Gasteiger partial charge in [0.05, 0.1) is 0 Å². The van der Waals surface area contributed by atoms with E-state index in [4.69, 9.17) is 5.73 Å². The molecule has 144 valence electrons. The molecule has 2 aromatic rings. The average Bonchev–Trinajstić information content (AvgIpc) is 2.67. The van der Waals surface area contributed by atoms with Crippen LogP contribution in [0.1, 0.15) is 35.2 Å². The van der Waals surface area contributed by atoms with Gasteiger partial charge in [0, 0.05) is 36.8 Å². The molecular formula is C21H26ClN3O2. The summed E-state index contributed by atoms with van der Waals surface area (Å²) < 4.78 is 0. The SMILES string of the molecule is Cl.Nc1cccc(C(=O)NC2CCN(C(=O)CCc3ccccc3)CC2)c1. The number of nitrogens with two attached hydrogens (primary N) is 1. The molecule has 1 aliphatic heterocycles. The lowest BCUT2D eigenvalue weighted by Crippen LogP contribution is -2.46. The topological polar surface area (TPSA) is 75.4 Å². The molecule has 0 bridgehead atoms. The van der Waals surface area contributed by atoms with Crippen molar-refractivity contribution in [3.05, 3.63) is 65.7 Å². The maximum absolute atomic E-state index is 12.4. The number of piperidine rings is 1. The maximum atomic E-state index is 12.4. The Morgan fingerprint density at radius 1 is 1.04 bits per heavy atom. The van der Waals surface area contributed by atoms with Gasteiger partial charge in [-0.05, 0) is 43.0 Å². The van der Waals surface area contributed by atoms with Gasteiger partial charge < -0.3 is 16.0 Å². The fraction of sp³-hybridized carbons (Fsp3) is 0.333. The number of rotatable bonds is 5. The van der Waals surface area contributed by atoms with Gasteiger partial charge in [-0.15, -0.1) is 12.4 Å². The van der Waals surface area contributed by atoms with Gasteiger partial charge >= 0.3 is 0 Å². The van der Waals surface area contributed by atoms with Gasteiger partial charge in [0.25, 0.3) is 5.91 Å². The molecule has 5 nitrogen and oxygen atoms in total. The quantitative estimate of drug-likeness (QED) is 0.774. The zero-order valence-electron chi connectivity index (χ0n) is 15.3. The molecule has 3 rings (SSSR count). The third kappa shape index (κ3) is 6.00. The summed E-state index contributed by atoms with van der Waals surface area (Å²) in [5, 5.41) is 3.05. The van der Waals surface area contributed by atoms with Crippen LogP contribution in [-0.4, -0.2) is 35.8 Å². The highest BCUT2D eigenvalue weighted by Crippen LogP contribution is 2.14. The number of carbonyl (C=O) groups is 2. The van der Waals surface area contributed by atoms with E-state index in [9.17, 15) is 9.59 Å². The first kappa shape index (κ1) is 20.8. The second-order valence-electron chi connectivity index (χ2n) is 6.74. The number of likely N-dealkylation sites (tertiary alicyclic amines) is 1. The first-order valence-corrected chi connectivity index (χ1v) is 9.10. The number of nitrogens with one attached hydrogen (secondary N) is 1. The molecule has 1 aliphatic rings. The van der Waals surface area contributed by atoms with E-state index >= 15 is 0 Å². The summed E-state index contributed by atoms with van der Waals surface area (Å²) in [5.41, 5.74) is 8.07. The molecule has 0 spiro atoms. The van der Waals surface area contributed by atoms with Crippen molar-refractivity contribution in [1.82, 2.24) is 10.2 Å². The van der Waals surface area contributed by atoms with Gasteiger partial charge in [0.15, 0.2) is 0 Å². The average molecular weight is 388 g/mol. The minimum atomic E-state index is -0.105. The molecule has 1 heterocycles. The van der Waals surface area contributed by atoms with E-state index in [0.29, 0.717) is 30.8 Å². The monoisotopic (exact) mass is 387 g/mol. The van der Waals surface area contributed by atoms with Crippen molar-refractivity contribution in [2.24, 2.45) is 0 Å². The molecule has 1 fully saturated rings. The molecular weight excluding hydrogens is 362 g/mol. The second kappa shape index (κ2) is 9.97. The lowest BCUT2D eigenvalue weighted by atomic mass is 10.0. The minimum absolute atomic E-state index is 0. The van der Waals surface area contributed by atoms with Gasteiger partial charge in [0.1, 0.15) is 0 Å². The van der Waals surface area contributed by atoms with Crippen LogP contribution < -0.4 is 11.1 Å². The summed E-state index contributed by atoms with van der Waals surface area (Å²) in [5.74, 6) is 0.0839. The van der Waals surface area contributed by atoms with E-state index in [1.54, 1.807) is 24.3 Å². The fourth-order valence-electron chi connectivity index (χ4n) is 3.28. The van der Waals surface area contributed by atoms with Crippen molar-refractivity contribution in [1.29, 1.82) is 0 Å². The summed E-state index contributed by atoms with van der Waals surface area (Å²) in [6.07, 6.45) is 2.87. The van der Waals surface area contributed by atoms with Crippen LogP contribution in [0.2, 0.25) is 0 Å². The highest BCUT2D eigenvalue weighted by molar-refractivity contribution is 5.95. The highest BCUT2D eigenvalue weighted by Gasteiger charge is 2.23. The normalized spacial score (nSPS) is 14.3. The second-order valence-corrected chi connectivity index (χ2v) is 6.74. The van der Waals surface area contributed by atoms with Gasteiger partial charge in [-0.25, -0.2) is 0 Å². The standard InChI is InChI=1S/C21H25N3O2.ClH/c22-18-8-4-7-17(15-18)21(26)23-19-11-13-24(14-12-19)20(25)10-9-16-5-2-1-3-6-16;/h1-8,15,19H,9-14,22H2,(H,23,26);1H. The molecule has 6 heteroatoms. The van der Waals surface area contributed by atoms with Crippen LogP contribution in [0, 0.1) is 0 Å². The van der Waals surface area contributed by atoms with E-state index in [-0.39, 0.29) is 30.3 Å². The third-order valence-electron chi connectivity index (χ3n) is 4.80. The van der Waals surface area contributed by atoms with Gasteiger partial charge in [-0.3, -0.25) is 9.59 Å². The molecule has 0 atom stereocenters. The van der Waals surface area contributed by atoms with E-state index < -0.39 is 0 Å². The van der Waals surface area contributed by atoms with Gasteiger partial charge in [-0.2, -0.15) is 0 Å². The zero-order chi connectivity index (χ0) is 18.4. The Morgan fingerprint density at radius 2 is 1.74 bits per heavy atom. The van der Waals surface area contributed by atoms with Crippen LogP contribution in [0.4, 0.5) is 5.69 Å². The van der Waals surface area contributed by atoms with Crippen molar-refractivity contribution in [2.45, 2.75) is 31.7 Å². The number of nitrogen functional groups attached to an aromatic ring is 1. The Balaban J connectivity index is 0.00000261. The largest absolute Gasteiger partial charge is 0.399 e. The Bertz CT molecular complexity index is 759. The maximum Gasteiger partial charge on any atom is 0.251 e. The Morgan fingerprint density at radius 3 is 2.41 bits per heavy atom. The van der Waals surface area contributed by atoms with Crippen LogP contribution in [0.5, 0.6) is 0 Å². The molecule has 0 saturated carbocycles. The van der Waals surface area contributed by atoms with Crippen LogP contribution in [0.15, 0.2) is 54.6 Å². The number of anilines is 1. The molecule has 2 amide bonds. The van der Waals surface area contributed by atoms with Crippen LogP contribution in [0.3, 0.4) is 0 Å². The number of carbonyl (C=O) groups excluding carboxylic acids is 2. The molecule has 2 aromatic carbocycles. The van der Waals surface area contributed by atoms with Gasteiger partial charge in [-0.1, -0.05) is 36.4 Å². The van der Waals surface area contributed by atoms with Gasteiger partial charge in [0.2, 0.25) is 5.91 Å². The van der Waals surface area contributed by atoms with Crippen molar-refractivity contribution in [3.63, 3.8) is 0 Å². The molecule has 0 unspecified atom stereocenters. The number of amides is 2. The number of nitrogens with zero attached hydrogens (tertiary/aromatic N) is 1. The van der Waals surface area contributed by atoms with Crippen molar-refractivity contribution >= 4 is 29.9 Å². The summed E-state index contributed by atoms with van der Waals surface area (Å²) >= 11 is 0. The fourth-order valence-corrected chi connectivity index (χ4v) is 3.28. The number of benzene rings is 2. The van der Waals surface area contributed by atoms with E-state index in [1.807, 2.05) is 35.2 Å². The van der Waals surface area contributed by atoms with Crippen molar-refractivity contribution in [3.8, 4) is 0 Å². The first-order valence-electron chi connectivity index (χ1n) is 9.10. The molecule has 1 saturated heterocycles. The van der Waals surface area contributed by atoms with Crippen LogP contribution in [-0.2, 0) is 11.2 Å². The van der Waals surface area contributed by atoms with Crippen LogP contribution in [0.25, 0.3) is 0 Å². The Labute approximate surface area is 166 Å². The number of aryl methyl sites for hydroxylation is 1. The molecule has 0 aromatic heterocycles. The number of hydrogen-bond donors (Lipinski definition) is 2. The molecule has 0 aliphatic carbocycles. The number of hydrogen-bond acceptors (Lipinski definition) is 3. The summed E-state index contributed by atoms with van der Waals surface area (Å²) in [4.78, 5) is 26.6. The summed E-state index contributed by atoms with van der Waals surface area (Å²) in [6, 6.07) is 17.1. The Hall–Kier alpha value is -2.53. The molecule has 3 N–H and O–H groups in total. The third-order valence-corrected chi connectivity index (χ3v) is 4.80. The number of halogens is 1. The Kier molecular flexibility index (Phi) is 7.67. The minimum Gasteiger partial charge on any atom is -0.399 e. The predicted molar refractivity (Wildman–Crippen MR) is 110 cm³/mol. The first-order chi connectivity index (χ1) is 12.6. The lowest BCUT2D eigenvalue weighted by Gasteiger charge is -2.32. The molecule has 27 heavy (non-hydrogen) atoms. The van der Waals surface area contributed by atoms with Crippen molar-refractivity contribution < 1.29 is 9.59 Å². The van der Waals surface area contributed by atoms with Crippen molar-refractivity contribution in [2.75, 3.05) is 18.8 Å². The summed E-state index contributed by atoms with van der Waals surface area (Å²) in [7, 11) is 0. The molecule has 0 radical (unpaired) electrons. The van der Waals surface area contributed by atoms with E-state index in [1.165, 1.54) is 5.56 Å².